The van der Waals surface area contributed by atoms with Gasteiger partial charge in [-0.15, -0.1) is 11.3 Å². The zero-order valence-corrected chi connectivity index (χ0v) is 22.5. The minimum absolute atomic E-state index is 0.114. The first-order valence-corrected chi connectivity index (χ1v) is 15.1. The van der Waals surface area contributed by atoms with Crippen LogP contribution in [-0.2, 0) is 16.6 Å². The Hall–Kier alpha value is -3.76. The van der Waals surface area contributed by atoms with Crippen LogP contribution in [0.2, 0.25) is 0 Å². The number of fused-ring (bicyclic) bond motifs is 1. The Bertz CT molecular complexity index is 1560. The molecule has 8 nitrogen and oxygen atoms in total. The Labute approximate surface area is 225 Å². The van der Waals surface area contributed by atoms with E-state index < -0.39 is 15.9 Å². The third-order valence-corrected chi connectivity index (χ3v) is 8.25. The van der Waals surface area contributed by atoms with E-state index in [1.54, 1.807) is 5.38 Å². The summed E-state index contributed by atoms with van der Waals surface area (Å²) in [5.41, 5.74) is 3.87. The third-order valence-electron chi connectivity index (χ3n) is 6.70. The Morgan fingerprint density at radius 2 is 1.66 bits per heavy atom. The van der Waals surface area contributed by atoms with E-state index in [0.29, 0.717) is 47.0 Å². The summed E-state index contributed by atoms with van der Waals surface area (Å²) in [5, 5.41) is 4.98. The van der Waals surface area contributed by atoms with Crippen LogP contribution in [0.3, 0.4) is 0 Å². The van der Waals surface area contributed by atoms with Crippen molar-refractivity contribution < 1.29 is 18.0 Å². The quantitative estimate of drug-likeness (QED) is 0.349. The number of carbonyl (C=O) groups is 2. The lowest BCUT2D eigenvalue weighted by Gasteiger charge is -2.32. The molecule has 0 atom stereocenters. The van der Waals surface area contributed by atoms with Crippen LogP contribution >= 0.6 is 11.3 Å². The predicted molar refractivity (Wildman–Crippen MR) is 150 cm³/mol. The van der Waals surface area contributed by atoms with Crippen LogP contribution < -0.4 is 10.0 Å². The number of anilines is 1. The van der Waals surface area contributed by atoms with E-state index in [4.69, 9.17) is 0 Å². The molecule has 2 aromatic heterocycles. The first kappa shape index (κ1) is 25.9. The smallest absolute Gasteiger partial charge is 0.267 e. The number of rotatable bonds is 7. The van der Waals surface area contributed by atoms with Gasteiger partial charge in [0.1, 0.15) is 0 Å². The zero-order valence-electron chi connectivity index (χ0n) is 20.9. The molecule has 0 radical (unpaired) electrons. The van der Waals surface area contributed by atoms with Gasteiger partial charge in [-0.05, 0) is 29.9 Å². The second-order valence-corrected chi connectivity index (χ2v) is 12.0. The van der Waals surface area contributed by atoms with E-state index in [1.165, 1.54) is 23.1 Å². The first-order chi connectivity index (χ1) is 18.3. The summed E-state index contributed by atoms with van der Waals surface area (Å²) < 4.78 is 25.9. The standard InChI is InChI=1S/C28H28N4O4S2/c1-38(35,36)31-27(33)23-18-37-26-24(29-16-19-8-4-2-5-9-19)22(17-30-25(23)26)28(34)32-14-12-21(13-15-32)20-10-6-3-7-11-20/h2-11,17-18,21H,12-16H2,1H3,(H,29,30)(H,31,33). The highest BCUT2D eigenvalue weighted by molar-refractivity contribution is 7.89. The van der Waals surface area contributed by atoms with Crippen LogP contribution in [0.15, 0.2) is 72.2 Å². The number of aromatic nitrogens is 1. The number of thiophene rings is 1. The Morgan fingerprint density at radius 1 is 1.00 bits per heavy atom. The molecule has 0 saturated carbocycles. The number of likely N-dealkylation sites (tertiary alicyclic amines) is 1. The first-order valence-electron chi connectivity index (χ1n) is 12.3. The number of nitrogens with one attached hydrogen (secondary N) is 2. The number of amides is 2. The van der Waals surface area contributed by atoms with E-state index in [1.807, 2.05) is 58.2 Å². The maximum Gasteiger partial charge on any atom is 0.267 e. The molecule has 0 aliphatic carbocycles. The summed E-state index contributed by atoms with van der Waals surface area (Å²) in [5.74, 6) is -0.441. The lowest BCUT2D eigenvalue weighted by Crippen LogP contribution is -2.38. The number of carbonyl (C=O) groups excluding carboxylic acids is 2. The van der Waals surface area contributed by atoms with Gasteiger partial charge in [0.25, 0.3) is 11.8 Å². The normalized spacial score (nSPS) is 14.4. The average molecular weight is 549 g/mol. The molecule has 2 amide bonds. The van der Waals surface area contributed by atoms with Gasteiger partial charge < -0.3 is 10.2 Å². The van der Waals surface area contributed by atoms with Crippen molar-refractivity contribution in [1.29, 1.82) is 0 Å². The number of pyridine rings is 1. The van der Waals surface area contributed by atoms with Gasteiger partial charge in [0.05, 0.1) is 33.3 Å². The van der Waals surface area contributed by atoms with Crippen LogP contribution in [0.5, 0.6) is 0 Å². The van der Waals surface area contributed by atoms with Crippen molar-refractivity contribution in [2.24, 2.45) is 0 Å². The molecule has 10 heteroatoms. The Kier molecular flexibility index (Phi) is 7.44. The summed E-state index contributed by atoms with van der Waals surface area (Å²) in [6.07, 6.45) is 4.18. The van der Waals surface area contributed by atoms with Crippen LogP contribution in [-0.4, -0.2) is 49.5 Å². The SMILES string of the molecule is CS(=O)(=O)NC(=O)c1csc2c(NCc3ccccc3)c(C(=O)N3CCC(c4ccccc4)CC3)cnc12. The fraction of sp³-hybridized carbons (Fsp3) is 0.250. The fourth-order valence-corrected chi connectivity index (χ4v) is 6.27. The zero-order chi connectivity index (χ0) is 26.7. The summed E-state index contributed by atoms with van der Waals surface area (Å²) in [7, 11) is -3.73. The third kappa shape index (κ3) is 5.71. The molecule has 1 fully saturated rings. The maximum atomic E-state index is 13.7. The number of piperidine rings is 1. The van der Waals surface area contributed by atoms with Crippen LogP contribution in [0.25, 0.3) is 10.2 Å². The molecule has 1 aliphatic rings. The van der Waals surface area contributed by atoms with Gasteiger partial charge in [0.2, 0.25) is 10.0 Å². The van der Waals surface area contributed by atoms with Crippen LogP contribution in [0, 0.1) is 0 Å². The molecule has 5 rings (SSSR count). The van der Waals surface area contributed by atoms with Gasteiger partial charge >= 0.3 is 0 Å². The molecule has 38 heavy (non-hydrogen) atoms. The van der Waals surface area contributed by atoms with Crippen LogP contribution in [0.1, 0.15) is 50.6 Å². The van der Waals surface area contributed by atoms with Crippen molar-refractivity contribution in [2.75, 3.05) is 24.7 Å². The van der Waals surface area contributed by atoms with Crippen molar-refractivity contribution in [1.82, 2.24) is 14.6 Å². The summed E-state index contributed by atoms with van der Waals surface area (Å²) >= 11 is 1.25. The number of nitrogens with zero attached hydrogens (tertiary/aromatic N) is 2. The number of benzene rings is 2. The van der Waals surface area contributed by atoms with Gasteiger partial charge in [-0.25, -0.2) is 13.1 Å². The Morgan fingerprint density at radius 3 is 2.32 bits per heavy atom. The number of sulfonamides is 1. The Balaban J connectivity index is 1.44. The fourth-order valence-electron chi connectivity index (χ4n) is 4.79. The van der Waals surface area contributed by atoms with Gasteiger partial charge in [-0.1, -0.05) is 60.7 Å². The van der Waals surface area contributed by atoms with Crippen molar-refractivity contribution in [2.45, 2.75) is 25.3 Å². The van der Waals surface area contributed by atoms with E-state index >= 15 is 0 Å². The lowest BCUT2D eigenvalue weighted by atomic mass is 9.89. The van der Waals surface area contributed by atoms with Gasteiger partial charge in [-0.3, -0.25) is 14.6 Å². The average Bonchev–Trinajstić information content (AvgIpc) is 3.36. The molecule has 1 saturated heterocycles. The summed E-state index contributed by atoms with van der Waals surface area (Å²) in [6.45, 7) is 1.75. The minimum atomic E-state index is -3.73. The second-order valence-electron chi connectivity index (χ2n) is 9.39. The van der Waals surface area contributed by atoms with Crippen LogP contribution in [0.4, 0.5) is 5.69 Å². The lowest BCUT2D eigenvalue weighted by molar-refractivity contribution is 0.0713. The molecule has 2 aromatic carbocycles. The molecular weight excluding hydrogens is 520 g/mol. The highest BCUT2D eigenvalue weighted by Gasteiger charge is 2.28. The molecule has 3 heterocycles. The molecule has 1 aliphatic heterocycles. The molecule has 196 valence electrons. The largest absolute Gasteiger partial charge is 0.379 e. The highest BCUT2D eigenvalue weighted by atomic mass is 32.2. The maximum absolute atomic E-state index is 13.7. The van der Waals surface area contributed by atoms with E-state index in [-0.39, 0.29) is 11.5 Å². The van der Waals surface area contributed by atoms with Crippen molar-refractivity contribution in [3.8, 4) is 0 Å². The van der Waals surface area contributed by atoms with Crippen molar-refractivity contribution >= 4 is 49.1 Å². The van der Waals surface area contributed by atoms with Gasteiger partial charge in [0, 0.05) is 31.2 Å². The number of hydrogen-bond donors (Lipinski definition) is 2. The molecule has 0 unspecified atom stereocenters. The second kappa shape index (κ2) is 10.9. The van der Waals surface area contributed by atoms with Gasteiger partial charge in [-0.2, -0.15) is 0 Å². The molecule has 0 bridgehead atoms. The van der Waals surface area contributed by atoms with Gasteiger partial charge in [0.15, 0.2) is 0 Å². The van der Waals surface area contributed by atoms with Crippen molar-refractivity contribution in [3.05, 3.63) is 94.5 Å². The summed E-state index contributed by atoms with van der Waals surface area (Å²) in [6, 6.07) is 20.2. The molecule has 4 aromatic rings. The molecular formula is C28H28N4O4S2. The topological polar surface area (TPSA) is 108 Å². The van der Waals surface area contributed by atoms with E-state index in [2.05, 4.69) is 22.4 Å². The van der Waals surface area contributed by atoms with E-state index in [0.717, 1.165) is 24.7 Å². The highest BCUT2D eigenvalue weighted by Crippen LogP contribution is 2.36. The van der Waals surface area contributed by atoms with Crippen molar-refractivity contribution in [3.63, 3.8) is 0 Å². The number of hydrogen-bond acceptors (Lipinski definition) is 7. The molecule has 0 spiro atoms. The van der Waals surface area contributed by atoms with E-state index in [9.17, 15) is 18.0 Å². The molecule has 2 N–H and O–H groups in total. The minimum Gasteiger partial charge on any atom is -0.379 e. The summed E-state index contributed by atoms with van der Waals surface area (Å²) in [4.78, 5) is 32.7. The monoisotopic (exact) mass is 548 g/mol. The predicted octanol–water partition coefficient (Wildman–Crippen LogP) is 4.62.